The topological polar surface area (TPSA) is 86.8 Å². The maximum Gasteiger partial charge on any atom is 0.243 e. The zero-order valence-corrected chi connectivity index (χ0v) is 15.2. The van der Waals surface area contributed by atoms with Gasteiger partial charge in [0.05, 0.1) is 4.90 Å². The quantitative estimate of drug-likeness (QED) is 0.846. The molecule has 8 heteroatoms. The fourth-order valence-electron chi connectivity index (χ4n) is 3.07. The Morgan fingerprint density at radius 1 is 1.29 bits per heavy atom. The molecule has 0 saturated carbocycles. The van der Waals surface area contributed by atoms with E-state index in [9.17, 15) is 18.0 Å². The van der Waals surface area contributed by atoms with Gasteiger partial charge < -0.3 is 5.32 Å². The number of hydrogen-bond donors (Lipinski definition) is 1. The summed E-state index contributed by atoms with van der Waals surface area (Å²) >= 11 is 0. The molecule has 1 aromatic rings. The van der Waals surface area contributed by atoms with Crippen molar-refractivity contribution < 1.29 is 18.0 Å². The third-order valence-electron chi connectivity index (χ3n) is 4.27. The van der Waals surface area contributed by atoms with Crippen molar-refractivity contribution in [2.45, 2.75) is 38.1 Å². The van der Waals surface area contributed by atoms with Crippen LogP contribution in [0, 0.1) is 0 Å². The van der Waals surface area contributed by atoms with Crippen LogP contribution in [0.3, 0.4) is 0 Å². The van der Waals surface area contributed by atoms with E-state index in [1.54, 1.807) is 26.0 Å². The van der Waals surface area contributed by atoms with Crippen molar-refractivity contribution in [2.24, 2.45) is 0 Å². The van der Waals surface area contributed by atoms with Gasteiger partial charge in [0, 0.05) is 39.2 Å². The number of benzene rings is 1. The van der Waals surface area contributed by atoms with Crippen molar-refractivity contribution in [3.63, 3.8) is 0 Å². The van der Waals surface area contributed by atoms with Crippen molar-refractivity contribution in [3.8, 4) is 0 Å². The van der Waals surface area contributed by atoms with Gasteiger partial charge >= 0.3 is 0 Å². The second-order valence-electron chi connectivity index (χ2n) is 5.60. The van der Waals surface area contributed by atoms with Gasteiger partial charge in [0.1, 0.15) is 6.04 Å². The SMILES string of the molecule is CCN(CC)S(=O)(=O)c1ccc2c(c1)CC(C(=O)NC)N2C(C)=O. The van der Waals surface area contributed by atoms with Gasteiger partial charge in [-0.3, -0.25) is 14.5 Å². The predicted octanol–water partition coefficient (Wildman–Crippen LogP) is 0.741. The second-order valence-corrected chi connectivity index (χ2v) is 7.54. The first-order valence-electron chi connectivity index (χ1n) is 7.92. The van der Waals surface area contributed by atoms with Crippen LogP contribution in [0.25, 0.3) is 0 Å². The lowest BCUT2D eigenvalue weighted by Gasteiger charge is -2.23. The molecular formula is C16H23N3O4S. The molecule has 1 aliphatic heterocycles. The first kappa shape index (κ1) is 18.4. The van der Waals surface area contributed by atoms with Crippen LogP contribution in [-0.4, -0.2) is 50.7 Å². The fourth-order valence-corrected chi connectivity index (χ4v) is 4.58. The number of likely N-dealkylation sites (N-methyl/N-ethyl adjacent to an activating group) is 1. The third-order valence-corrected chi connectivity index (χ3v) is 6.31. The molecule has 0 aliphatic carbocycles. The Balaban J connectivity index is 2.48. The van der Waals surface area contributed by atoms with Gasteiger partial charge in [-0.15, -0.1) is 0 Å². The Bertz CT molecular complexity index is 757. The lowest BCUT2D eigenvalue weighted by molar-refractivity contribution is -0.125. The van der Waals surface area contributed by atoms with Crippen LogP contribution in [0.1, 0.15) is 26.3 Å². The first-order chi connectivity index (χ1) is 11.3. The van der Waals surface area contributed by atoms with Crippen molar-refractivity contribution >= 4 is 27.5 Å². The fraction of sp³-hybridized carbons (Fsp3) is 0.500. The normalized spacial score (nSPS) is 17.0. The van der Waals surface area contributed by atoms with Crippen LogP contribution in [0.5, 0.6) is 0 Å². The maximum atomic E-state index is 12.6. The molecule has 0 spiro atoms. The minimum Gasteiger partial charge on any atom is -0.357 e. The smallest absolute Gasteiger partial charge is 0.243 e. The standard InChI is InChI=1S/C16H23N3O4S/c1-5-18(6-2)24(22,23)13-7-8-14-12(9-13)10-15(16(21)17-4)19(14)11(3)20/h7-9,15H,5-6,10H2,1-4H3,(H,17,21). The monoisotopic (exact) mass is 353 g/mol. The van der Waals surface area contributed by atoms with E-state index in [1.165, 1.54) is 29.2 Å². The summed E-state index contributed by atoms with van der Waals surface area (Å²) in [5.41, 5.74) is 1.28. The summed E-state index contributed by atoms with van der Waals surface area (Å²) in [5.74, 6) is -0.517. The van der Waals surface area contributed by atoms with Crippen molar-refractivity contribution in [1.82, 2.24) is 9.62 Å². The molecule has 0 bridgehead atoms. The summed E-state index contributed by atoms with van der Waals surface area (Å²) in [5, 5.41) is 2.55. The molecule has 1 aromatic carbocycles. The molecule has 1 unspecified atom stereocenters. The molecule has 1 N–H and O–H groups in total. The summed E-state index contributed by atoms with van der Waals surface area (Å²) in [7, 11) is -2.06. The van der Waals surface area contributed by atoms with Crippen LogP contribution in [0.2, 0.25) is 0 Å². The molecule has 7 nitrogen and oxygen atoms in total. The van der Waals surface area contributed by atoms with E-state index in [2.05, 4.69) is 5.32 Å². The van der Waals surface area contributed by atoms with E-state index in [0.717, 1.165) is 0 Å². The van der Waals surface area contributed by atoms with E-state index >= 15 is 0 Å². The van der Waals surface area contributed by atoms with Crippen molar-refractivity contribution in [3.05, 3.63) is 23.8 Å². The van der Waals surface area contributed by atoms with E-state index in [0.29, 0.717) is 30.8 Å². The van der Waals surface area contributed by atoms with E-state index < -0.39 is 16.1 Å². The van der Waals surface area contributed by atoms with Crippen LogP contribution in [-0.2, 0) is 26.0 Å². The molecule has 0 fully saturated rings. The molecule has 1 heterocycles. The van der Waals surface area contributed by atoms with Gasteiger partial charge in [-0.05, 0) is 23.8 Å². The number of nitrogens with one attached hydrogen (secondary N) is 1. The van der Waals surface area contributed by atoms with E-state index in [1.807, 2.05) is 0 Å². The molecule has 0 aromatic heterocycles. The molecule has 0 saturated heterocycles. The van der Waals surface area contributed by atoms with Gasteiger partial charge in [0.15, 0.2) is 0 Å². The third kappa shape index (κ3) is 3.03. The second kappa shape index (κ2) is 6.90. The molecule has 1 aliphatic rings. The number of fused-ring (bicyclic) bond motifs is 1. The highest BCUT2D eigenvalue weighted by Gasteiger charge is 2.37. The highest BCUT2D eigenvalue weighted by Crippen LogP contribution is 2.34. The Morgan fingerprint density at radius 2 is 1.92 bits per heavy atom. The van der Waals surface area contributed by atoms with Crippen molar-refractivity contribution in [2.75, 3.05) is 25.0 Å². The van der Waals surface area contributed by atoms with Gasteiger partial charge in [0.2, 0.25) is 21.8 Å². The van der Waals surface area contributed by atoms with Crippen LogP contribution >= 0.6 is 0 Å². The summed E-state index contributed by atoms with van der Waals surface area (Å²) in [4.78, 5) is 25.6. The minimum atomic E-state index is -3.57. The number of nitrogens with zero attached hydrogens (tertiary/aromatic N) is 2. The maximum absolute atomic E-state index is 12.6. The number of amides is 2. The Kier molecular flexibility index (Phi) is 5.29. The van der Waals surface area contributed by atoms with Crippen LogP contribution in [0.4, 0.5) is 5.69 Å². The molecule has 2 rings (SSSR count). The average Bonchev–Trinajstić information content (AvgIpc) is 2.93. The minimum absolute atomic E-state index is 0.186. The van der Waals surface area contributed by atoms with Gasteiger partial charge in [-0.25, -0.2) is 8.42 Å². The molecule has 1 atom stereocenters. The van der Waals surface area contributed by atoms with Gasteiger partial charge in [-0.2, -0.15) is 4.31 Å². The molecular weight excluding hydrogens is 330 g/mol. The lowest BCUT2D eigenvalue weighted by atomic mass is 10.1. The predicted molar refractivity (Wildman–Crippen MR) is 91.3 cm³/mol. The van der Waals surface area contributed by atoms with Crippen LogP contribution in [0.15, 0.2) is 23.1 Å². The highest BCUT2D eigenvalue weighted by atomic mass is 32.2. The number of carbonyl (C=O) groups is 2. The molecule has 132 valence electrons. The van der Waals surface area contributed by atoms with Gasteiger partial charge in [0.25, 0.3) is 0 Å². The number of hydrogen-bond acceptors (Lipinski definition) is 4. The number of anilines is 1. The largest absolute Gasteiger partial charge is 0.357 e. The van der Waals surface area contributed by atoms with Crippen LogP contribution < -0.4 is 10.2 Å². The summed E-state index contributed by atoms with van der Waals surface area (Å²) in [6.07, 6.45) is 0.302. The molecule has 2 amide bonds. The number of sulfonamides is 1. The zero-order valence-electron chi connectivity index (χ0n) is 14.4. The molecule has 0 radical (unpaired) electrons. The Labute approximate surface area is 142 Å². The number of carbonyl (C=O) groups excluding carboxylic acids is 2. The summed E-state index contributed by atoms with van der Waals surface area (Å²) < 4.78 is 26.7. The summed E-state index contributed by atoms with van der Waals surface area (Å²) in [6.45, 7) is 5.74. The van der Waals surface area contributed by atoms with Gasteiger partial charge in [-0.1, -0.05) is 13.8 Å². The van der Waals surface area contributed by atoms with E-state index in [4.69, 9.17) is 0 Å². The average molecular weight is 353 g/mol. The Hall–Kier alpha value is -1.93. The molecule has 24 heavy (non-hydrogen) atoms. The zero-order chi connectivity index (χ0) is 18.1. The first-order valence-corrected chi connectivity index (χ1v) is 9.36. The highest BCUT2D eigenvalue weighted by molar-refractivity contribution is 7.89. The number of rotatable bonds is 5. The summed E-state index contributed by atoms with van der Waals surface area (Å²) in [6, 6.07) is 4.03. The lowest BCUT2D eigenvalue weighted by Crippen LogP contribution is -2.46. The van der Waals surface area contributed by atoms with E-state index in [-0.39, 0.29) is 16.7 Å². The Morgan fingerprint density at radius 3 is 2.42 bits per heavy atom. The van der Waals surface area contributed by atoms with Crippen molar-refractivity contribution in [1.29, 1.82) is 0 Å².